The summed E-state index contributed by atoms with van der Waals surface area (Å²) in [5.74, 6) is -0.909. The maximum Gasteiger partial charge on any atom is 0.250 e. The summed E-state index contributed by atoms with van der Waals surface area (Å²) in [7, 11) is 0. The molecule has 2 fully saturated rings. The van der Waals surface area contributed by atoms with E-state index in [0.29, 0.717) is 12.2 Å². The third-order valence-electron chi connectivity index (χ3n) is 6.14. The highest BCUT2D eigenvalue weighted by atomic mass is 79.9. The van der Waals surface area contributed by atoms with Crippen LogP contribution in [-0.4, -0.2) is 47.2 Å². The Kier molecular flexibility index (Phi) is 5.31. The molecule has 0 aromatic heterocycles. The van der Waals surface area contributed by atoms with Crippen LogP contribution in [0.1, 0.15) is 31.7 Å². The van der Waals surface area contributed by atoms with Crippen molar-refractivity contribution in [2.45, 2.75) is 37.8 Å². The van der Waals surface area contributed by atoms with Gasteiger partial charge in [-0.1, -0.05) is 29.3 Å². The van der Waals surface area contributed by atoms with Gasteiger partial charge in [0.25, 0.3) is 0 Å². The number of amides is 3. The lowest BCUT2D eigenvalue weighted by Gasteiger charge is -2.29. The van der Waals surface area contributed by atoms with Crippen LogP contribution in [0.5, 0.6) is 0 Å². The standard InChI is InChI=1S/C20H24BrN3O3S/c1-3-4-8-24-17(25)15-14(7-9-28-2)23-20(16(15)18(24)26)12-10-11(21)5-6-13(12)22-19(20)27/h5-6,10,14-16,23H,3-4,7-9H2,1-2H3,(H,22,27). The molecule has 3 heterocycles. The average Bonchev–Trinajstić information content (AvgIpc) is 3.24. The molecule has 8 heteroatoms. The second kappa shape index (κ2) is 7.46. The van der Waals surface area contributed by atoms with Crippen molar-refractivity contribution in [2.75, 3.05) is 23.9 Å². The van der Waals surface area contributed by atoms with Gasteiger partial charge in [0.15, 0.2) is 0 Å². The van der Waals surface area contributed by atoms with E-state index in [9.17, 15) is 14.4 Å². The molecule has 3 aliphatic heterocycles. The molecule has 28 heavy (non-hydrogen) atoms. The van der Waals surface area contributed by atoms with Crippen LogP contribution in [-0.2, 0) is 19.9 Å². The highest BCUT2D eigenvalue weighted by Gasteiger charge is 2.70. The molecule has 0 saturated carbocycles. The van der Waals surface area contributed by atoms with E-state index in [-0.39, 0.29) is 23.8 Å². The predicted octanol–water partition coefficient (Wildman–Crippen LogP) is 2.72. The van der Waals surface area contributed by atoms with Crippen LogP contribution in [0.3, 0.4) is 0 Å². The molecule has 2 N–H and O–H groups in total. The van der Waals surface area contributed by atoms with E-state index in [1.807, 2.05) is 31.4 Å². The van der Waals surface area contributed by atoms with Crippen LogP contribution >= 0.6 is 27.7 Å². The Balaban J connectivity index is 1.81. The van der Waals surface area contributed by atoms with Crippen molar-refractivity contribution < 1.29 is 14.4 Å². The van der Waals surface area contributed by atoms with Gasteiger partial charge in [-0.3, -0.25) is 24.6 Å². The van der Waals surface area contributed by atoms with Gasteiger partial charge in [-0.2, -0.15) is 11.8 Å². The van der Waals surface area contributed by atoms with Crippen LogP contribution in [0.25, 0.3) is 0 Å². The number of halogens is 1. The van der Waals surface area contributed by atoms with Crippen LogP contribution < -0.4 is 10.6 Å². The van der Waals surface area contributed by atoms with E-state index in [2.05, 4.69) is 26.6 Å². The smallest absolute Gasteiger partial charge is 0.250 e. The van der Waals surface area contributed by atoms with Gasteiger partial charge in [-0.15, -0.1) is 0 Å². The van der Waals surface area contributed by atoms with Gasteiger partial charge in [0.1, 0.15) is 5.54 Å². The Morgan fingerprint density at radius 1 is 1.25 bits per heavy atom. The van der Waals surface area contributed by atoms with Gasteiger partial charge in [0.05, 0.1) is 11.8 Å². The van der Waals surface area contributed by atoms with Crippen molar-refractivity contribution in [3.63, 3.8) is 0 Å². The van der Waals surface area contributed by atoms with Crippen molar-refractivity contribution in [1.82, 2.24) is 10.2 Å². The predicted molar refractivity (Wildman–Crippen MR) is 113 cm³/mol. The van der Waals surface area contributed by atoms with Gasteiger partial charge >= 0.3 is 0 Å². The lowest BCUT2D eigenvalue weighted by Crippen LogP contribution is -2.53. The van der Waals surface area contributed by atoms with Crippen molar-refractivity contribution in [3.05, 3.63) is 28.2 Å². The Morgan fingerprint density at radius 3 is 2.75 bits per heavy atom. The van der Waals surface area contributed by atoms with E-state index in [1.165, 1.54) is 4.90 Å². The van der Waals surface area contributed by atoms with Gasteiger partial charge < -0.3 is 5.32 Å². The van der Waals surface area contributed by atoms with Gasteiger partial charge in [-0.05, 0) is 43.0 Å². The SMILES string of the molecule is CCCCN1C(=O)C2C(CCSC)NC3(C(=O)Nc4ccc(Br)cc43)C2C1=O. The molecule has 0 bridgehead atoms. The summed E-state index contributed by atoms with van der Waals surface area (Å²) < 4.78 is 0.840. The normalized spacial score (nSPS) is 30.9. The fourth-order valence-corrected chi connectivity index (χ4v) is 5.71. The second-order valence-electron chi connectivity index (χ2n) is 7.67. The summed E-state index contributed by atoms with van der Waals surface area (Å²) in [5.41, 5.74) is 0.282. The fraction of sp³-hybridized carbons (Fsp3) is 0.550. The number of hydrogen-bond acceptors (Lipinski definition) is 5. The Morgan fingerprint density at radius 2 is 2.04 bits per heavy atom. The van der Waals surface area contributed by atoms with Gasteiger partial charge in [-0.25, -0.2) is 0 Å². The van der Waals surface area contributed by atoms with Crippen molar-refractivity contribution >= 4 is 51.1 Å². The number of nitrogens with one attached hydrogen (secondary N) is 2. The van der Waals surface area contributed by atoms with E-state index >= 15 is 0 Å². The zero-order chi connectivity index (χ0) is 20.1. The first-order valence-corrected chi connectivity index (χ1v) is 11.9. The first-order valence-electron chi connectivity index (χ1n) is 9.69. The number of nitrogens with zero attached hydrogens (tertiary/aromatic N) is 1. The number of carbonyl (C=O) groups is 3. The maximum atomic E-state index is 13.4. The van der Waals surface area contributed by atoms with E-state index in [0.717, 1.165) is 35.1 Å². The third kappa shape index (κ3) is 2.75. The molecule has 3 aliphatic rings. The Bertz CT molecular complexity index is 848. The minimum absolute atomic E-state index is 0.129. The first-order chi connectivity index (χ1) is 13.5. The number of likely N-dealkylation sites (tertiary alicyclic amines) is 1. The number of unbranched alkanes of at least 4 members (excludes halogenated alkanes) is 1. The number of fused-ring (bicyclic) bond motifs is 4. The van der Waals surface area contributed by atoms with Gasteiger partial charge in [0.2, 0.25) is 17.7 Å². The van der Waals surface area contributed by atoms with E-state index < -0.39 is 17.4 Å². The number of imide groups is 1. The number of rotatable bonds is 6. The molecule has 0 radical (unpaired) electrons. The summed E-state index contributed by atoms with van der Waals surface area (Å²) in [6.07, 6.45) is 4.44. The molecule has 1 aromatic carbocycles. The molecule has 3 amide bonds. The highest BCUT2D eigenvalue weighted by molar-refractivity contribution is 9.10. The van der Waals surface area contributed by atoms with Gasteiger partial charge in [0, 0.05) is 28.3 Å². The maximum absolute atomic E-state index is 13.4. The quantitative estimate of drug-likeness (QED) is 0.631. The van der Waals surface area contributed by atoms with E-state index in [1.54, 1.807) is 11.8 Å². The monoisotopic (exact) mass is 465 g/mol. The molecule has 0 aliphatic carbocycles. The van der Waals surface area contributed by atoms with E-state index in [4.69, 9.17) is 0 Å². The number of thioether (sulfide) groups is 1. The average molecular weight is 466 g/mol. The zero-order valence-electron chi connectivity index (χ0n) is 16.0. The topological polar surface area (TPSA) is 78.5 Å². The lowest BCUT2D eigenvalue weighted by atomic mass is 9.76. The van der Waals surface area contributed by atoms with Crippen LogP contribution in [0.2, 0.25) is 0 Å². The van der Waals surface area contributed by atoms with Crippen molar-refractivity contribution in [2.24, 2.45) is 11.8 Å². The summed E-state index contributed by atoms with van der Waals surface area (Å²) in [5, 5.41) is 6.39. The molecule has 4 rings (SSSR count). The summed E-state index contributed by atoms with van der Waals surface area (Å²) in [6, 6.07) is 5.40. The number of benzene rings is 1. The number of carbonyl (C=O) groups excluding carboxylic acids is 3. The molecule has 1 spiro atoms. The number of anilines is 1. The molecule has 6 nitrogen and oxygen atoms in total. The number of hydrogen-bond donors (Lipinski definition) is 2. The van der Waals surface area contributed by atoms with Crippen molar-refractivity contribution in [1.29, 1.82) is 0 Å². The Hall–Kier alpha value is -1.38. The zero-order valence-corrected chi connectivity index (χ0v) is 18.4. The molecular formula is C20H24BrN3O3S. The second-order valence-corrected chi connectivity index (χ2v) is 9.57. The summed E-state index contributed by atoms with van der Waals surface area (Å²) >= 11 is 5.19. The molecule has 1 aromatic rings. The lowest BCUT2D eigenvalue weighted by molar-refractivity contribution is -0.142. The Labute approximate surface area is 177 Å². The van der Waals surface area contributed by atoms with Crippen LogP contribution in [0.4, 0.5) is 5.69 Å². The summed E-state index contributed by atoms with van der Waals surface area (Å²) in [4.78, 5) is 41.2. The fourth-order valence-electron chi connectivity index (χ4n) is 4.86. The summed E-state index contributed by atoms with van der Waals surface area (Å²) in [6.45, 7) is 2.47. The molecule has 4 atom stereocenters. The minimum atomic E-state index is -1.18. The first kappa shape index (κ1) is 19.9. The van der Waals surface area contributed by atoms with Crippen LogP contribution in [0.15, 0.2) is 22.7 Å². The molecular weight excluding hydrogens is 442 g/mol. The largest absolute Gasteiger partial charge is 0.324 e. The molecule has 150 valence electrons. The van der Waals surface area contributed by atoms with Crippen molar-refractivity contribution in [3.8, 4) is 0 Å². The highest BCUT2D eigenvalue weighted by Crippen LogP contribution is 2.53. The molecule has 4 unspecified atom stereocenters. The third-order valence-corrected chi connectivity index (χ3v) is 7.27. The van der Waals surface area contributed by atoms with Crippen LogP contribution in [0, 0.1) is 11.8 Å². The molecule has 2 saturated heterocycles. The minimum Gasteiger partial charge on any atom is -0.324 e.